The van der Waals surface area contributed by atoms with Gasteiger partial charge in [-0.1, -0.05) is 17.7 Å². The van der Waals surface area contributed by atoms with Crippen LogP contribution in [0.4, 0.5) is 8.78 Å². The Labute approximate surface area is 100 Å². The molecule has 1 aromatic heterocycles. The van der Waals surface area contributed by atoms with Crippen molar-refractivity contribution in [1.82, 2.24) is 10.2 Å². The Morgan fingerprint density at radius 2 is 2.06 bits per heavy atom. The highest BCUT2D eigenvalue weighted by Gasteiger charge is 2.17. The summed E-state index contributed by atoms with van der Waals surface area (Å²) in [6, 6.07) is 3.52. The number of nitrogens with one attached hydrogen (secondary N) is 1. The lowest BCUT2D eigenvalue weighted by Crippen LogP contribution is -2.12. The lowest BCUT2D eigenvalue weighted by molar-refractivity contribution is 0.583. The summed E-state index contributed by atoms with van der Waals surface area (Å²) in [4.78, 5) is 11.5. The highest BCUT2D eigenvalue weighted by molar-refractivity contribution is 6.29. The molecular formula is C11H7ClF2N2O. The van der Waals surface area contributed by atoms with E-state index >= 15 is 0 Å². The smallest absolute Gasteiger partial charge is 0.267 e. The summed E-state index contributed by atoms with van der Waals surface area (Å²) < 4.78 is 27.4. The molecule has 0 saturated heterocycles. The Kier molecular flexibility index (Phi) is 2.93. The molecule has 88 valence electrons. The van der Waals surface area contributed by atoms with E-state index < -0.39 is 22.8 Å². The largest absolute Gasteiger partial charge is 0.272 e. The predicted octanol–water partition coefficient (Wildman–Crippen LogP) is 2.68. The topological polar surface area (TPSA) is 45.8 Å². The third-order valence-corrected chi connectivity index (χ3v) is 2.52. The van der Waals surface area contributed by atoms with Gasteiger partial charge in [0.1, 0.15) is 16.8 Å². The second-order valence-electron chi connectivity index (χ2n) is 3.49. The Morgan fingerprint density at radius 3 is 2.76 bits per heavy atom. The van der Waals surface area contributed by atoms with E-state index in [1.807, 2.05) is 0 Å². The molecule has 2 rings (SSSR count). The van der Waals surface area contributed by atoms with Crippen molar-refractivity contribution in [3.63, 3.8) is 0 Å². The number of aryl methyl sites for hydroxylation is 1. The molecule has 0 fully saturated rings. The number of hydrogen-bond acceptors (Lipinski definition) is 2. The average Bonchev–Trinajstić information content (AvgIpc) is 2.29. The Bertz CT molecular complexity index is 640. The molecule has 0 aliphatic rings. The number of benzene rings is 1. The maximum Gasteiger partial charge on any atom is 0.272 e. The molecule has 0 aliphatic heterocycles. The quantitative estimate of drug-likeness (QED) is 0.853. The lowest BCUT2D eigenvalue weighted by Gasteiger charge is -2.06. The van der Waals surface area contributed by atoms with Crippen molar-refractivity contribution in [3.8, 4) is 11.1 Å². The van der Waals surface area contributed by atoms with Crippen molar-refractivity contribution in [2.45, 2.75) is 6.92 Å². The molecule has 1 heterocycles. The number of rotatable bonds is 1. The first-order chi connectivity index (χ1) is 8.00. The van der Waals surface area contributed by atoms with Gasteiger partial charge in [-0.15, -0.1) is 0 Å². The van der Waals surface area contributed by atoms with Gasteiger partial charge in [0.25, 0.3) is 5.56 Å². The van der Waals surface area contributed by atoms with Crippen molar-refractivity contribution >= 4 is 11.6 Å². The average molecular weight is 257 g/mol. The van der Waals surface area contributed by atoms with Gasteiger partial charge in [0.2, 0.25) is 0 Å². The molecule has 0 spiro atoms. The molecule has 1 aromatic carbocycles. The number of nitrogens with zero attached hydrogens (tertiary/aromatic N) is 1. The molecule has 0 aliphatic carbocycles. The monoisotopic (exact) mass is 256 g/mol. The second-order valence-corrected chi connectivity index (χ2v) is 3.87. The molecule has 0 radical (unpaired) electrons. The predicted molar refractivity (Wildman–Crippen MR) is 60.0 cm³/mol. The zero-order valence-electron chi connectivity index (χ0n) is 8.72. The highest BCUT2D eigenvalue weighted by Crippen LogP contribution is 2.26. The van der Waals surface area contributed by atoms with E-state index in [2.05, 4.69) is 10.2 Å². The maximum atomic E-state index is 13.8. The van der Waals surface area contributed by atoms with Crippen LogP contribution < -0.4 is 5.56 Å². The van der Waals surface area contributed by atoms with Crippen LogP contribution in [0.3, 0.4) is 0 Å². The molecule has 0 amide bonds. The summed E-state index contributed by atoms with van der Waals surface area (Å²) >= 11 is 5.59. The van der Waals surface area contributed by atoms with E-state index in [9.17, 15) is 13.6 Å². The van der Waals surface area contributed by atoms with E-state index in [-0.39, 0.29) is 16.3 Å². The number of H-pyrrole nitrogens is 1. The maximum absolute atomic E-state index is 13.8. The van der Waals surface area contributed by atoms with Crippen LogP contribution in [0, 0.1) is 18.6 Å². The zero-order chi connectivity index (χ0) is 12.6. The number of aromatic amines is 1. The van der Waals surface area contributed by atoms with Gasteiger partial charge in [-0.25, -0.2) is 13.9 Å². The second kappa shape index (κ2) is 4.25. The molecule has 0 unspecified atom stereocenters. The van der Waals surface area contributed by atoms with Gasteiger partial charge >= 0.3 is 0 Å². The van der Waals surface area contributed by atoms with Crippen LogP contribution >= 0.6 is 11.6 Å². The van der Waals surface area contributed by atoms with Crippen molar-refractivity contribution in [1.29, 1.82) is 0 Å². The fraction of sp³-hybridized carbons (Fsp3) is 0.0909. The van der Waals surface area contributed by atoms with E-state index in [1.165, 1.54) is 13.0 Å². The van der Waals surface area contributed by atoms with E-state index in [1.54, 1.807) is 0 Å². The third kappa shape index (κ3) is 2.06. The minimum absolute atomic E-state index is 0.0418. The summed E-state index contributed by atoms with van der Waals surface area (Å²) in [5.41, 5.74) is -1.02. The van der Waals surface area contributed by atoms with Gasteiger partial charge in [-0.3, -0.25) is 4.79 Å². The van der Waals surface area contributed by atoms with Crippen LogP contribution in [0.1, 0.15) is 5.56 Å². The summed E-state index contributed by atoms with van der Waals surface area (Å²) in [5, 5.41) is 5.46. The molecule has 3 nitrogen and oxygen atoms in total. The van der Waals surface area contributed by atoms with Gasteiger partial charge in [-0.05, 0) is 24.6 Å². The van der Waals surface area contributed by atoms with Crippen molar-refractivity contribution in [3.05, 3.63) is 50.9 Å². The first-order valence-electron chi connectivity index (χ1n) is 4.71. The Morgan fingerprint density at radius 1 is 1.35 bits per heavy atom. The van der Waals surface area contributed by atoms with Gasteiger partial charge in [-0.2, -0.15) is 5.10 Å². The number of halogens is 3. The summed E-state index contributed by atoms with van der Waals surface area (Å²) in [7, 11) is 0. The molecular weight excluding hydrogens is 250 g/mol. The van der Waals surface area contributed by atoms with Gasteiger partial charge in [0.15, 0.2) is 0 Å². The molecule has 0 bridgehead atoms. The van der Waals surface area contributed by atoms with E-state index in [0.29, 0.717) is 0 Å². The first kappa shape index (κ1) is 11.7. The van der Waals surface area contributed by atoms with Crippen LogP contribution in [0.25, 0.3) is 11.1 Å². The molecule has 1 N–H and O–H groups in total. The van der Waals surface area contributed by atoms with Gasteiger partial charge in [0.05, 0.1) is 11.1 Å². The SMILES string of the molecule is Cc1ccc(F)c(-c2cc(Cl)n[nH]c2=O)c1F. The summed E-state index contributed by atoms with van der Waals surface area (Å²) in [6.45, 7) is 1.48. The van der Waals surface area contributed by atoms with E-state index in [4.69, 9.17) is 11.6 Å². The first-order valence-corrected chi connectivity index (χ1v) is 5.08. The number of aromatic nitrogens is 2. The normalized spacial score (nSPS) is 10.6. The van der Waals surface area contributed by atoms with Gasteiger partial charge in [0, 0.05) is 0 Å². The lowest BCUT2D eigenvalue weighted by atomic mass is 10.0. The van der Waals surface area contributed by atoms with Crippen molar-refractivity contribution in [2.24, 2.45) is 0 Å². The Balaban J connectivity index is 2.81. The highest BCUT2D eigenvalue weighted by atomic mass is 35.5. The number of hydrogen-bond donors (Lipinski definition) is 1. The fourth-order valence-corrected chi connectivity index (χ4v) is 1.62. The Hall–Kier alpha value is -1.75. The van der Waals surface area contributed by atoms with Crippen LogP contribution in [-0.2, 0) is 0 Å². The van der Waals surface area contributed by atoms with Crippen LogP contribution in [-0.4, -0.2) is 10.2 Å². The van der Waals surface area contributed by atoms with Gasteiger partial charge < -0.3 is 0 Å². The van der Waals surface area contributed by atoms with Crippen LogP contribution in [0.15, 0.2) is 23.0 Å². The van der Waals surface area contributed by atoms with Crippen molar-refractivity contribution < 1.29 is 8.78 Å². The minimum atomic E-state index is -0.819. The van der Waals surface area contributed by atoms with Crippen LogP contribution in [0.2, 0.25) is 5.15 Å². The standard InChI is InChI=1S/C11H7ClF2N2O/c1-5-2-3-7(13)9(10(5)14)6-4-8(12)15-16-11(6)17/h2-4H,1H3,(H,16,17). The van der Waals surface area contributed by atoms with E-state index in [0.717, 1.165) is 12.1 Å². The molecule has 6 heteroatoms. The fourth-order valence-electron chi connectivity index (χ4n) is 1.47. The minimum Gasteiger partial charge on any atom is -0.267 e. The summed E-state index contributed by atoms with van der Waals surface area (Å²) in [5.74, 6) is -1.60. The molecule has 17 heavy (non-hydrogen) atoms. The zero-order valence-corrected chi connectivity index (χ0v) is 9.48. The van der Waals surface area contributed by atoms with Crippen LogP contribution in [0.5, 0.6) is 0 Å². The molecule has 0 saturated carbocycles. The third-order valence-electron chi connectivity index (χ3n) is 2.33. The molecule has 0 atom stereocenters. The van der Waals surface area contributed by atoms with Crippen molar-refractivity contribution in [2.75, 3.05) is 0 Å². The summed E-state index contributed by atoms with van der Waals surface area (Å²) in [6.07, 6.45) is 0. The molecule has 2 aromatic rings.